The molecule has 3 heterocycles. The van der Waals surface area contributed by atoms with Crippen LogP contribution >= 0.6 is 12.2 Å². The van der Waals surface area contributed by atoms with Crippen LogP contribution in [0.25, 0.3) is 0 Å². The van der Waals surface area contributed by atoms with Crippen molar-refractivity contribution in [1.29, 1.82) is 0 Å². The zero-order valence-corrected chi connectivity index (χ0v) is 13.9. The van der Waals surface area contributed by atoms with Gasteiger partial charge in [0.25, 0.3) is 0 Å². The molecule has 0 spiro atoms. The Morgan fingerprint density at radius 3 is 2.87 bits per heavy atom. The van der Waals surface area contributed by atoms with Gasteiger partial charge in [-0.1, -0.05) is 6.07 Å². The lowest BCUT2D eigenvalue weighted by atomic mass is 9.97. The summed E-state index contributed by atoms with van der Waals surface area (Å²) in [5, 5.41) is 3.40. The molecule has 124 valence electrons. The molecule has 0 bridgehead atoms. The third kappa shape index (κ3) is 3.97. The molecule has 2 saturated heterocycles. The van der Waals surface area contributed by atoms with Gasteiger partial charge < -0.3 is 14.5 Å². The summed E-state index contributed by atoms with van der Waals surface area (Å²) in [6.45, 7) is 3.26. The average Bonchev–Trinajstić information content (AvgIpc) is 2.63. The number of ether oxygens (including phenoxy) is 1. The molecule has 0 aromatic carbocycles. The summed E-state index contributed by atoms with van der Waals surface area (Å²) < 4.78 is 5.27. The highest BCUT2D eigenvalue weighted by Crippen LogP contribution is 2.30. The van der Waals surface area contributed by atoms with E-state index in [2.05, 4.69) is 21.3 Å². The standard InChI is InChI=1S/C16H22N4O2S/c21-15(19-8-10-22-11-9-19)18-16(23)20-7-2-1-5-14(20)13-4-3-6-17-12-13/h3-4,6,12,14H,1-2,5,7-11H2,(H,18,21,23). The number of carbonyl (C=O) groups is 1. The van der Waals surface area contributed by atoms with Crippen LogP contribution in [0.4, 0.5) is 4.79 Å². The van der Waals surface area contributed by atoms with Gasteiger partial charge in [0.15, 0.2) is 5.11 Å². The third-order valence-electron chi connectivity index (χ3n) is 4.35. The number of thiocarbonyl (C=S) groups is 1. The number of nitrogens with one attached hydrogen (secondary N) is 1. The van der Waals surface area contributed by atoms with Gasteiger partial charge in [-0.2, -0.15) is 0 Å². The van der Waals surface area contributed by atoms with Crippen LogP contribution in [0, 0.1) is 0 Å². The quantitative estimate of drug-likeness (QED) is 0.796. The monoisotopic (exact) mass is 334 g/mol. The Morgan fingerprint density at radius 1 is 1.30 bits per heavy atom. The third-order valence-corrected chi connectivity index (χ3v) is 4.68. The van der Waals surface area contributed by atoms with E-state index in [-0.39, 0.29) is 12.1 Å². The highest BCUT2D eigenvalue weighted by Gasteiger charge is 2.28. The van der Waals surface area contributed by atoms with Crippen LogP contribution in [0.2, 0.25) is 0 Å². The topological polar surface area (TPSA) is 57.7 Å². The molecule has 23 heavy (non-hydrogen) atoms. The van der Waals surface area contributed by atoms with E-state index in [1.165, 1.54) is 0 Å². The van der Waals surface area contributed by atoms with Gasteiger partial charge in [0, 0.05) is 32.0 Å². The maximum Gasteiger partial charge on any atom is 0.323 e. The summed E-state index contributed by atoms with van der Waals surface area (Å²) in [4.78, 5) is 20.4. The molecule has 3 rings (SSSR count). The Hall–Kier alpha value is -1.73. The Morgan fingerprint density at radius 2 is 2.13 bits per heavy atom. The number of morpholine rings is 1. The SMILES string of the molecule is O=C(NC(=S)N1CCCCC1c1cccnc1)N1CCOCC1. The Balaban J connectivity index is 1.65. The van der Waals surface area contributed by atoms with Gasteiger partial charge in [-0.25, -0.2) is 4.79 Å². The smallest absolute Gasteiger partial charge is 0.323 e. The molecule has 0 radical (unpaired) electrons. The zero-order chi connectivity index (χ0) is 16.1. The molecule has 1 N–H and O–H groups in total. The first-order valence-electron chi connectivity index (χ1n) is 8.10. The molecule has 0 aliphatic carbocycles. The van der Waals surface area contributed by atoms with E-state index in [0.717, 1.165) is 31.4 Å². The number of rotatable bonds is 1. The number of amides is 2. The number of aromatic nitrogens is 1. The van der Waals surface area contributed by atoms with Crippen LogP contribution in [-0.4, -0.2) is 58.8 Å². The molecule has 1 aromatic rings. The van der Waals surface area contributed by atoms with Gasteiger partial charge in [-0.15, -0.1) is 0 Å². The number of hydrogen-bond donors (Lipinski definition) is 1. The number of likely N-dealkylation sites (tertiary alicyclic amines) is 1. The van der Waals surface area contributed by atoms with Gasteiger partial charge in [-0.05, 0) is 43.1 Å². The summed E-state index contributed by atoms with van der Waals surface area (Å²) in [5.41, 5.74) is 1.15. The van der Waals surface area contributed by atoms with E-state index in [9.17, 15) is 4.79 Å². The van der Waals surface area contributed by atoms with Crippen molar-refractivity contribution >= 4 is 23.4 Å². The normalized spacial score (nSPS) is 21.8. The fourth-order valence-corrected chi connectivity index (χ4v) is 3.41. The van der Waals surface area contributed by atoms with Crippen molar-refractivity contribution in [3.05, 3.63) is 30.1 Å². The molecule has 1 atom stereocenters. The van der Waals surface area contributed by atoms with Crippen LogP contribution in [0.15, 0.2) is 24.5 Å². The second-order valence-corrected chi connectivity index (χ2v) is 6.21. The lowest BCUT2D eigenvalue weighted by Crippen LogP contribution is -2.52. The van der Waals surface area contributed by atoms with Gasteiger partial charge in [0.05, 0.1) is 19.3 Å². The van der Waals surface area contributed by atoms with Crippen molar-refractivity contribution in [2.45, 2.75) is 25.3 Å². The number of nitrogens with zero attached hydrogens (tertiary/aromatic N) is 3. The molecule has 0 saturated carbocycles. The minimum Gasteiger partial charge on any atom is -0.378 e. The van der Waals surface area contributed by atoms with Crippen LogP contribution in [-0.2, 0) is 4.74 Å². The molecular weight excluding hydrogens is 312 g/mol. The number of piperidine rings is 1. The molecule has 6 nitrogen and oxygen atoms in total. The van der Waals surface area contributed by atoms with E-state index in [1.807, 2.05) is 12.3 Å². The number of carbonyl (C=O) groups excluding carboxylic acids is 1. The highest BCUT2D eigenvalue weighted by atomic mass is 32.1. The molecular formula is C16H22N4O2S. The van der Waals surface area contributed by atoms with Gasteiger partial charge in [0.1, 0.15) is 0 Å². The Bertz CT molecular complexity index is 548. The molecule has 2 aliphatic heterocycles. The van der Waals surface area contributed by atoms with Crippen LogP contribution in [0.1, 0.15) is 30.9 Å². The first-order chi connectivity index (χ1) is 11.3. The van der Waals surface area contributed by atoms with Crippen molar-refractivity contribution in [2.75, 3.05) is 32.8 Å². The minimum absolute atomic E-state index is 0.131. The van der Waals surface area contributed by atoms with E-state index in [1.54, 1.807) is 11.1 Å². The van der Waals surface area contributed by atoms with Crippen LogP contribution in [0.3, 0.4) is 0 Å². The molecule has 7 heteroatoms. The van der Waals surface area contributed by atoms with Crippen molar-refractivity contribution in [2.24, 2.45) is 0 Å². The maximum absolute atomic E-state index is 12.3. The molecule has 1 aromatic heterocycles. The molecule has 1 unspecified atom stereocenters. The van der Waals surface area contributed by atoms with E-state index >= 15 is 0 Å². The molecule has 2 aliphatic rings. The fraction of sp³-hybridized carbons (Fsp3) is 0.562. The second-order valence-electron chi connectivity index (χ2n) is 5.83. The largest absolute Gasteiger partial charge is 0.378 e. The van der Waals surface area contributed by atoms with Gasteiger partial charge in [-0.3, -0.25) is 10.3 Å². The van der Waals surface area contributed by atoms with Crippen molar-refractivity contribution in [3.63, 3.8) is 0 Å². The average molecular weight is 334 g/mol. The Kier molecular flexibility index (Phi) is 5.40. The number of pyridine rings is 1. The second kappa shape index (κ2) is 7.70. The summed E-state index contributed by atoms with van der Waals surface area (Å²) in [6, 6.07) is 4.07. The first kappa shape index (κ1) is 16.1. The lowest BCUT2D eigenvalue weighted by molar-refractivity contribution is 0.0540. The Labute approximate surface area is 141 Å². The summed E-state index contributed by atoms with van der Waals surface area (Å²) >= 11 is 5.51. The van der Waals surface area contributed by atoms with E-state index < -0.39 is 0 Å². The number of urea groups is 1. The summed E-state index contributed by atoms with van der Waals surface area (Å²) in [6.07, 6.45) is 6.93. The lowest BCUT2D eigenvalue weighted by Gasteiger charge is -2.38. The summed E-state index contributed by atoms with van der Waals surface area (Å²) in [7, 11) is 0. The molecule has 2 fully saturated rings. The fourth-order valence-electron chi connectivity index (χ4n) is 3.10. The zero-order valence-electron chi connectivity index (χ0n) is 13.1. The van der Waals surface area contributed by atoms with Gasteiger partial charge >= 0.3 is 6.03 Å². The van der Waals surface area contributed by atoms with E-state index in [0.29, 0.717) is 31.4 Å². The van der Waals surface area contributed by atoms with Crippen molar-refractivity contribution < 1.29 is 9.53 Å². The molecule has 2 amide bonds. The van der Waals surface area contributed by atoms with Crippen molar-refractivity contribution in [3.8, 4) is 0 Å². The van der Waals surface area contributed by atoms with Crippen molar-refractivity contribution in [1.82, 2.24) is 20.1 Å². The number of hydrogen-bond acceptors (Lipinski definition) is 4. The first-order valence-corrected chi connectivity index (χ1v) is 8.51. The van der Waals surface area contributed by atoms with Gasteiger partial charge in [0.2, 0.25) is 0 Å². The maximum atomic E-state index is 12.3. The predicted octanol–water partition coefficient (Wildman–Crippen LogP) is 1.94. The summed E-state index contributed by atoms with van der Waals surface area (Å²) in [5.74, 6) is 0. The predicted molar refractivity (Wildman–Crippen MR) is 91.1 cm³/mol. The highest BCUT2D eigenvalue weighted by molar-refractivity contribution is 7.80. The minimum atomic E-state index is -0.131. The van der Waals surface area contributed by atoms with Crippen LogP contribution < -0.4 is 5.32 Å². The van der Waals surface area contributed by atoms with Crippen LogP contribution in [0.5, 0.6) is 0 Å². The van der Waals surface area contributed by atoms with E-state index in [4.69, 9.17) is 17.0 Å².